The summed E-state index contributed by atoms with van der Waals surface area (Å²) in [6.45, 7) is 4.97. The van der Waals surface area contributed by atoms with E-state index in [4.69, 9.17) is 16.3 Å². The first-order chi connectivity index (χ1) is 15.3. The lowest BCUT2D eigenvalue weighted by Crippen LogP contribution is -2.50. The zero-order chi connectivity index (χ0) is 22.8. The predicted molar refractivity (Wildman–Crippen MR) is 121 cm³/mol. The second-order valence-corrected chi connectivity index (χ2v) is 10.2. The third-order valence-corrected chi connectivity index (χ3v) is 7.79. The van der Waals surface area contributed by atoms with Crippen LogP contribution in [0.1, 0.15) is 46.0 Å². The zero-order valence-corrected chi connectivity index (χ0v) is 19.5. The largest absolute Gasteiger partial charge is 0.484 e. The molecule has 2 amide bonds. The molecule has 3 N–H and O–H groups in total. The Bertz CT molecular complexity index is 844. The van der Waals surface area contributed by atoms with Crippen LogP contribution in [0.2, 0.25) is 5.02 Å². The lowest BCUT2D eigenvalue weighted by Gasteiger charge is -2.37. The second-order valence-electron chi connectivity index (χ2n) is 9.83. The monoisotopic (exact) mass is 465 g/mol. The van der Waals surface area contributed by atoms with E-state index in [2.05, 4.69) is 29.8 Å². The second kappa shape index (κ2) is 9.96. The molecule has 1 saturated heterocycles. The van der Waals surface area contributed by atoms with Gasteiger partial charge in [-0.3, -0.25) is 9.59 Å². The van der Waals surface area contributed by atoms with E-state index in [1.54, 1.807) is 0 Å². The van der Waals surface area contributed by atoms with E-state index in [0.717, 1.165) is 38.6 Å². The molecule has 0 aromatic heterocycles. The summed E-state index contributed by atoms with van der Waals surface area (Å²) in [6, 6.07) is 4.74. The van der Waals surface area contributed by atoms with Crippen LogP contribution in [0.5, 0.6) is 5.75 Å². The Morgan fingerprint density at radius 1 is 1.16 bits per heavy atom. The van der Waals surface area contributed by atoms with E-state index in [1.807, 2.05) is 0 Å². The number of fused-ring (bicyclic) bond motifs is 1. The Morgan fingerprint density at radius 2 is 1.88 bits per heavy atom. The normalized spacial score (nSPS) is 31.5. The van der Waals surface area contributed by atoms with Crippen molar-refractivity contribution >= 4 is 23.4 Å². The predicted octanol–water partition coefficient (Wildman–Crippen LogP) is 3.28. The van der Waals surface area contributed by atoms with Gasteiger partial charge in [-0.05, 0) is 62.0 Å². The summed E-state index contributed by atoms with van der Waals surface area (Å²) >= 11 is 5.67. The van der Waals surface area contributed by atoms with Crippen LogP contribution in [0.25, 0.3) is 0 Å². The van der Waals surface area contributed by atoms with Crippen LogP contribution in [0, 0.1) is 29.5 Å². The lowest BCUT2D eigenvalue weighted by molar-refractivity contribution is -0.127. The van der Waals surface area contributed by atoms with Gasteiger partial charge < -0.3 is 20.7 Å². The van der Waals surface area contributed by atoms with Gasteiger partial charge in [0.15, 0.2) is 6.61 Å². The SMILES string of the molecule is CC(C)C1CCC(C(=O)NC2C[C@H](NC(=O)COc3ccc(Cl)c(F)c3)C3CCC23)CN1. The summed E-state index contributed by atoms with van der Waals surface area (Å²) in [7, 11) is 0. The van der Waals surface area contributed by atoms with Gasteiger partial charge in [-0.2, -0.15) is 0 Å². The average Bonchev–Trinajstić information content (AvgIpc) is 2.96. The van der Waals surface area contributed by atoms with Crippen LogP contribution in [-0.4, -0.2) is 43.1 Å². The minimum Gasteiger partial charge on any atom is -0.484 e. The highest BCUT2D eigenvalue weighted by Crippen LogP contribution is 2.47. The summed E-state index contributed by atoms with van der Waals surface area (Å²) in [6.07, 6.45) is 4.85. The highest BCUT2D eigenvalue weighted by Gasteiger charge is 2.49. The van der Waals surface area contributed by atoms with E-state index >= 15 is 0 Å². The minimum absolute atomic E-state index is 0.0145. The van der Waals surface area contributed by atoms with Gasteiger partial charge in [-0.25, -0.2) is 4.39 Å². The third-order valence-electron chi connectivity index (χ3n) is 7.49. The van der Waals surface area contributed by atoms with Gasteiger partial charge in [0.25, 0.3) is 5.91 Å². The maximum Gasteiger partial charge on any atom is 0.258 e. The highest BCUT2D eigenvalue weighted by molar-refractivity contribution is 6.30. The Morgan fingerprint density at radius 3 is 2.47 bits per heavy atom. The van der Waals surface area contributed by atoms with Crippen LogP contribution < -0.4 is 20.7 Å². The molecule has 3 aliphatic rings. The summed E-state index contributed by atoms with van der Waals surface area (Å²) in [4.78, 5) is 25.3. The van der Waals surface area contributed by atoms with E-state index in [-0.39, 0.29) is 47.2 Å². The molecule has 8 heteroatoms. The van der Waals surface area contributed by atoms with Crippen molar-refractivity contribution < 1.29 is 18.7 Å². The molecule has 5 unspecified atom stereocenters. The van der Waals surface area contributed by atoms with Crippen LogP contribution in [0.15, 0.2) is 18.2 Å². The molecule has 2 saturated carbocycles. The first-order valence-corrected chi connectivity index (χ1v) is 12.1. The smallest absolute Gasteiger partial charge is 0.258 e. The Kier molecular flexibility index (Phi) is 7.25. The van der Waals surface area contributed by atoms with Crippen molar-refractivity contribution in [1.29, 1.82) is 0 Å². The number of hydrogen-bond acceptors (Lipinski definition) is 4. The molecule has 1 aromatic carbocycles. The van der Waals surface area contributed by atoms with Gasteiger partial charge >= 0.3 is 0 Å². The minimum atomic E-state index is -0.579. The van der Waals surface area contributed by atoms with Crippen molar-refractivity contribution in [2.45, 2.75) is 64.1 Å². The van der Waals surface area contributed by atoms with Gasteiger partial charge in [-0.15, -0.1) is 0 Å². The number of amides is 2. The number of hydrogen-bond donors (Lipinski definition) is 3. The number of carbonyl (C=O) groups is 2. The fraction of sp³-hybridized carbons (Fsp3) is 0.667. The molecule has 3 fully saturated rings. The summed E-state index contributed by atoms with van der Waals surface area (Å²) in [5.41, 5.74) is 0. The summed E-state index contributed by atoms with van der Waals surface area (Å²) in [5.74, 6) is 1.00. The fourth-order valence-electron chi connectivity index (χ4n) is 5.44. The summed E-state index contributed by atoms with van der Waals surface area (Å²) < 4.78 is 18.9. The van der Waals surface area contributed by atoms with E-state index < -0.39 is 5.82 Å². The van der Waals surface area contributed by atoms with Crippen LogP contribution >= 0.6 is 11.6 Å². The zero-order valence-electron chi connectivity index (χ0n) is 18.7. The Hall–Kier alpha value is -1.86. The molecule has 0 bridgehead atoms. The number of piperidine rings is 1. The molecule has 2 aliphatic carbocycles. The summed E-state index contributed by atoms with van der Waals surface area (Å²) in [5, 5.41) is 9.87. The fourth-order valence-corrected chi connectivity index (χ4v) is 5.56. The van der Waals surface area contributed by atoms with Crippen molar-refractivity contribution in [1.82, 2.24) is 16.0 Å². The van der Waals surface area contributed by atoms with Gasteiger partial charge in [0.1, 0.15) is 11.6 Å². The van der Waals surface area contributed by atoms with Gasteiger partial charge in [0.05, 0.1) is 10.9 Å². The van der Waals surface area contributed by atoms with Crippen molar-refractivity contribution in [2.75, 3.05) is 13.2 Å². The molecule has 0 radical (unpaired) electrons. The molecule has 32 heavy (non-hydrogen) atoms. The first-order valence-electron chi connectivity index (χ1n) is 11.7. The number of ether oxygens (including phenoxy) is 1. The first kappa shape index (κ1) is 23.3. The number of halogens is 2. The van der Waals surface area contributed by atoms with E-state index in [0.29, 0.717) is 23.8 Å². The maximum atomic E-state index is 13.5. The lowest BCUT2D eigenvalue weighted by atomic mass is 9.73. The molecule has 0 spiro atoms. The number of benzene rings is 1. The Balaban J connectivity index is 1.24. The highest BCUT2D eigenvalue weighted by atomic mass is 35.5. The maximum absolute atomic E-state index is 13.5. The molecule has 176 valence electrons. The molecular weight excluding hydrogens is 433 g/mol. The van der Waals surface area contributed by atoms with Crippen LogP contribution in [-0.2, 0) is 9.59 Å². The quantitative estimate of drug-likeness (QED) is 0.577. The van der Waals surface area contributed by atoms with Crippen LogP contribution in [0.3, 0.4) is 0 Å². The van der Waals surface area contributed by atoms with Crippen molar-refractivity contribution in [2.24, 2.45) is 23.7 Å². The molecule has 6 atom stereocenters. The van der Waals surface area contributed by atoms with Gasteiger partial charge in [0.2, 0.25) is 5.91 Å². The number of rotatable bonds is 7. The van der Waals surface area contributed by atoms with Crippen LogP contribution in [0.4, 0.5) is 4.39 Å². The van der Waals surface area contributed by atoms with Gasteiger partial charge in [-0.1, -0.05) is 25.4 Å². The Labute approximate surface area is 194 Å². The van der Waals surface area contributed by atoms with Crippen molar-refractivity contribution in [3.8, 4) is 5.75 Å². The molecule has 1 aliphatic heterocycles. The number of carbonyl (C=O) groups excluding carboxylic acids is 2. The molecule has 1 aromatic rings. The van der Waals surface area contributed by atoms with E-state index in [9.17, 15) is 14.0 Å². The van der Waals surface area contributed by atoms with Gasteiger partial charge in [0, 0.05) is 30.7 Å². The van der Waals surface area contributed by atoms with Crippen molar-refractivity contribution in [3.63, 3.8) is 0 Å². The van der Waals surface area contributed by atoms with E-state index in [1.165, 1.54) is 18.2 Å². The topological polar surface area (TPSA) is 79.5 Å². The van der Waals surface area contributed by atoms with Crippen molar-refractivity contribution in [3.05, 3.63) is 29.0 Å². The molecule has 4 rings (SSSR count). The third kappa shape index (κ3) is 5.20. The number of nitrogens with one attached hydrogen (secondary N) is 3. The average molecular weight is 466 g/mol. The molecule has 1 heterocycles. The molecule has 6 nitrogen and oxygen atoms in total. The molecular formula is C24H33ClFN3O3. The standard InChI is InChI=1S/C24H33ClFN3O3/c1-13(2)20-8-3-14(11-27-20)24(31)29-22-10-21(16-5-6-17(16)22)28-23(30)12-32-15-4-7-18(25)19(26)9-15/h4,7,9,13-14,16-17,20-22,27H,3,5-6,8,10-12H2,1-2H3,(H,28,30)(H,29,31)/t14?,16?,17?,20?,21-,22?/m0/s1.